The molecule has 1 aliphatic heterocycles. The lowest BCUT2D eigenvalue weighted by Gasteiger charge is -2.31. The molecule has 1 fully saturated rings. The van der Waals surface area contributed by atoms with Gasteiger partial charge in [0.05, 0.1) is 29.8 Å². The van der Waals surface area contributed by atoms with Gasteiger partial charge in [-0.2, -0.15) is 0 Å². The van der Waals surface area contributed by atoms with Crippen molar-refractivity contribution in [3.05, 3.63) is 52.0 Å². The predicted octanol–water partition coefficient (Wildman–Crippen LogP) is 2.42. The summed E-state index contributed by atoms with van der Waals surface area (Å²) >= 11 is 1.66. The number of aromatic nitrogens is 1. The quantitative estimate of drug-likeness (QED) is 0.319. The van der Waals surface area contributed by atoms with Gasteiger partial charge >= 0.3 is 0 Å². The van der Waals surface area contributed by atoms with Gasteiger partial charge in [0.25, 0.3) is 0 Å². The van der Waals surface area contributed by atoms with Crippen molar-refractivity contribution in [1.82, 2.24) is 20.5 Å². The number of hydrogen-bond donors (Lipinski definition) is 2. The maximum absolute atomic E-state index is 13.2. The summed E-state index contributed by atoms with van der Waals surface area (Å²) in [5.41, 5.74) is 2.09. The average molecular weight is 543 g/mol. The Hall–Kier alpha value is -1.72. The number of morpholine rings is 1. The molecule has 9 heteroatoms. The summed E-state index contributed by atoms with van der Waals surface area (Å²) in [6.45, 7) is 5.70. The smallest absolute Gasteiger partial charge is 0.232 e. The van der Waals surface area contributed by atoms with Gasteiger partial charge in [0.2, 0.25) is 5.91 Å². The van der Waals surface area contributed by atoms with Crippen molar-refractivity contribution >= 4 is 47.2 Å². The summed E-state index contributed by atoms with van der Waals surface area (Å²) in [5.74, 6) is 0.544. The molecule has 0 bridgehead atoms. The molecule has 1 atom stereocenters. The lowest BCUT2D eigenvalue weighted by atomic mass is 9.97. The number of amides is 1. The van der Waals surface area contributed by atoms with Gasteiger partial charge < -0.3 is 20.3 Å². The van der Waals surface area contributed by atoms with Crippen LogP contribution in [-0.2, 0) is 16.0 Å². The maximum atomic E-state index is 13.2. The summed E-state index contributed by atoms with van der Waals surface area (Å²) < 4.78 is 5.39. The normalized spacial score (nSPS) is 15.3. The fourth-order valence-electron chi connectivity index (χ4n) is 3.29. The van der Waals surface area contributed by atoms with Gasteiger partial charge in [0.15, 0.2) is 5.96 Å². The summed E-state index contributed by atoms with van der Waals surface area (Å²) in [6.07, 6.45) is 0.833. The lowest BCUT2D eigenvalue weighted by molar-refractivity contribution is -0.136. The van der Waals surface area contributed by atoms with Crippen LogP contribution in [0.3, 0.4) is 0 Å². The molecule has 30 heavy (non-hydrogen) atoms. The minimum absolute atomic E-state index is 0. The SMILES string of the molecule is CN=C(NCCc1csc(C)n1)NCC(C(=O)N1CCOCC1)c1ccccc1.I. The Morgan fingerprint density at radius 2 is 2.00 bits per heavy atom. The minimum Gasteiger partial charge on any atom is -0.378 e. The highest BCUT2D eigenvalue weighted by molar-refractivity contribution is 14.0. The van der Waals surface area contributed by atoms with Crippen LogP contribution in [0.1, 0.15) is 22.2 Å². The largest absolute Gasteiger partial charge is 0.378 e. The van der Waals surface area contributed by atoms with E-state index in [1.54, 1.807) is 18.4 Å². The van der Waals surface area contributed by atoms with Gasteiger partial charge in [-0.1, -0.05) is 30.3 Å². The summed E-state index contributed by atoms with van der Waals surface area (Å²) in [5, 5.41) is 9.79. The Morgan fingerprint density at radius 3 is 2.63 bits per heavy atom. The molecule has 1 aromatic heterocycles. The molecule has 1 aliphatic rings. The van der Waals surface area contributed by atoms with E-state index in [-0.39, 0.29) is 35.8 Å². The van der Waals surface area contributed by atoms with E-state index in [0.717, 1.165) is 29.2 Å². The highest BCUT2D eigenvalue weighted by atomic mass is 127. The molecule has 2 heterocycles. The van der Waals surface area contributed by atoms with Crippen molar-refractivity contribution in [2.24, 2.45) is 4.99 Å². The molecule has 7 nitrogen and oxygen atoms in total. The minimum atomic E-state index is -0.269. The van der Waals surface area contributed by atoms with Crippen LogP contribution < -0.4 is 10.6 Å². The van der Waals surface area contributed by atoms with Crippen molar-refractivity contribution in [3.63, 3.8) is 0 Å². The van der Waals surface area contributed by atoms with Crippen LogP contribution in [0.2, 0.25) is 0 Å². The Labute approximate surface area is 199 Å². The topological polar surface area (TPSA) is 78.8 Å². The number of guanidine groups is 1. The Bertz CT molecular complexity index is 809. The number of thiazole rings is 1. The molecule has 0 spiro atoms. The third kappa shape index (κ3) is 7.21. The van der Waals surface area contributed by atoms with Crippen molar-refractivity contribution in [2.45, 2.75) is 19.3 Å². The van der Waals surface area contributed by atoms with Crippen LogP contribution in [0.5, 0.6) is 0 Å². The van der Waals surface area contributed by atoms with Crippen LogP contribution in [-0.4, -0.2) is 68.2 Å². The van der Waals surface area contributed by atoms with Crippen molar-refractivity contribution in [3.8, 4) is 0 Å². The van der Waals surface area contributed by atoms with E-state index in [1.165, 1.54) is 0 Å². The average Bonchev–Trinajstić information content (AvgIpc) is 3.18. The molecular formula is C21H30IN5O2S. The monoisotopic (exact) mass is 543 g/mol. The molecule has 1 amide bonds. The molecule has 1 saturated heterocycles. The van der Waals surface area contributed by atoms with Crippen molar-refractivity contribution in [2.75, 3.05) is 46.4 Å². The first-order chi connectivity index (χ1) is 14.2. The molecule has 164 valence electrons. The molecule has 2 N–H and O–H groups in total. The zero-order valence-electron chi connectivity index (χ0n) is 17.5. The molecule has 2 aromatic rings. The van der Waals surface area contributed by atoms with Gasteiger partial charge in [0, 0.05) is 45.0 Å². The van der Waals surface area contributed by atoms with E-state index in [9.17, 15) is 4.79 Å². The van der Waals surface area contributed by atoms with Gasteiger partial charge in [-0.25, -0.2) is 4.98 Å². The van der Waals surface area contributed by atoms with Crippen molar-refractivity contribution in [1.29, 1.82) is 0 Å². The Kier molecular flexibility index (Phi) is 10.5. The van der Waals surface area contributed by atoms with E-state index in [4.69, 9.17) is 4.74 Å². The third-order valence-electron chi connectivity index (χ3n) is 4.86. The van der Waals surface area contributed by atoms with E-state index in [1.807, 2.05) is 42.2 Å². The number of carbonyl (C=O) groups is 1. The van der Waals surface area contributed by atoms with Crippen LogP contribution >= 0.6 is 35.3 Å². The highest BCUT2D eigenvalue weighted by Gasteiger charge is 2.27. The number of nitrogens with zero attached hydrogens (tertiary/aromatic N) is 3. The van der Waals surface area contributed by atoms with Crippen LogP contribution in [0.15, 0.2) is 40.7 Å². The number of aryl methyl sites for hydroxylation is 1. The van der Waals surface area contributed by atoms with Crippen molar-refractivity contribution < 1.29 is 9.53 Å². The van der Waals surface area contributed by atoms with Crippen LogP contribution in [0.4, 0.5) is 0 Å². The summed E-state index contributed by atoms with van der Waals surface area (Å²) in [6, 6.07) is 9.92. The second-order valence-corrected chi connectivity index (χ2v) is 7.95. The second kappa shape index (κ2) is 12.9. The van der Waals surface area contributed by atoms with E-state index >= 15 is 0 Å². The molecule has 1 aromatic carbocycles. The number of rotatable bonds is 7. The van der Waals surface area contributed by atoms with Crippen LogP contribution in [0, 0.1) is 6.92 Å². The van der Waals surface area contributed by atoms with Gasteiger partial charge in [0.1, 0.15) is 0 Å². The Morgan fingerprint density at radius 1 is 1.27 bits per heavy atom. The first kappa shape index (κ1) is 24.5. The van der Waals surface area contributed by atoms with E-state index < -0.39 is 0 Å². The fraction of sp³-hybridized carbons (Fsp3) is 0.476. The lowest BCUT2D eigenvalue weighted by Crippen LogP contribution is -2.47. The molecule has 1 unspecified atom stereocenters. The standard InChI is InChI=1S/C21H29N5O2S.HI/c1-16-25-18(15-29-16)8-9-23-21(22-2)24-14-19(17-6-4-3-5-7-17)20(27)26-10-12-28-13-11-26;/h3-7,15,19H,8-14H2,1-2H3,(H2,22,23,24);1H. The first-order valence-corrected chi connectivity index (χ1v) is 10.8. The number of ether oxygens (including phenoxy) is 1. The Balaban J connectivity index is 0.00000320. The number of nitrogens with one attached hydrogen (secondary N) is 2. The predicted molar refractivity (Wildman–Crippen MR) is 132 cm³/mol. The molecule has 3 rings (SSSR count). The summed E-state index contributed by atoms with van der Waals surface area (Å²) in [7, 11) is 1.74. The molecule has 0 aliphatic carbocycles. The zero-order valence-corrected chi connectivity index (χ0v) is 20.6. The number of carbonyl (C=O) groups excluding carboxylic acids is 1. The number of benzene rings is 1. The van der Waals surface area contributed by atoms with Gasteiger partial charge in [-0.05, 0) is 12.5 Å². The number of halogens is 1. The number of aliphatic imine (C=N–C) groups is 1. The zero-order chi connectivity index (χ0) is 20.5. The first-order valence-electron chi connectivity index (χ1n) is 9.94. The second-order valence-electron chi connectivity index (χ2n) is 6.89. The maximum Gasteiger partial charge on any atom is 0.232 e. The van der Waals surface area contributed by atoms with Gasteiger partial charge in [-0.15, -0.1) is 35.3 Å². The summed E-state index contributed by atoms with van der Waals surface area (Å²) in [4.78, 5) is 23.8. The molecule has 0 saturated carbocycles. The van der Waals surface area contributed by atoms with E-state index in [2.05, 4.69) is 26.0 Å². The fourth-order valence-corrected chi connectivity index (χ4v) is 3.94. The third-order valence-corrected chi connectivity index (χ3v) is 5.68. The molecule has 0 radical (unpaired) electrons. The van der Waals surface area contributed by atoms with E-state index in [0.29, 0.717) is 38.8 Å². The highest BCUT2D eigenvalue weighted by Crippen LogP contribution is 2.19. The molecular weight excluding hydrogens is 513 g/mol. The number of hydrogen-bond acceptors (Lipinski definition) is 5. The van der Waals surface area contributed by atoms with Gasteiger partial charge in [-0.3, -0.25) is 9.79 Å². The van der Waals surface area contributed by atoms with Crippen LogP contribution in [0.25, 0.3) is 0 Å².